The van der Waals surface area contributed by atoms with Crippen LogP contribution >= 0.6 is 15.9 Å². The van der Waals surface area contributed by atoms with Crippen molar-refractivity contribution in [3.05, 3.63) is 52.0 Å². The van der Waals surface area contributed by atoms with Crippen LogP contribution in [-0.2, 0) is 4.79 Å². The number of nitriles is 1. The Balaban J connectivity index is 2.27. The summed E-state index contributed by atoms with van der Waals surface area (Å²) in [5, 5.41) is 12.3. The summed E-state index contributed by atoms with van der Waals surface area (Å²) in [5.74, 6) is 0.693. The highest BCUT2D eigenvalue weighted by Crippen LogP contribution is 2.37. The average Bonchev–Trinajstić information content (AvgIpc) is 2.72. The van der Waals surface area contributed by atoms with E-state index >= 15 is 0 Å². The van der Waals surface area contributed by atoms with Crippen molar-refractivity contribution in [1.82, 2.24) is 0 Å². The highest BCUT2D eigenvalue weighted by atomic mass is 79.9. The number of anilines is 2. The van der Waals surface area contributed by atoms with Gasteiger partial charge in [0, 0.05) is 25.5 Å². The maximum absolute atomic E-state index is 12.6. The van der Waals surface area contributed by atoms with E-state index in [1.165, 1.54) is 6.08 Å². The number of nitrogens with zero attached hydrogens (tertiary/aromatic N) is 2. The third-order valence-corrected chi connectivity index (χ3v) is 4.69. The number of amides is 1. The maximum Gasteiger partial charge on any atom is 0.266 e. The van der Waals surface area contributed by atoms with Crippen molar-refractivity contribution in [2.24, 2.45) is 0 Å². The monoisotopic (exact) mass is 471 g/mol. The second kappa shape index (κ2) is 11.3. The molecule has 2 aromatic carbocycles. The Kier molecular flexibility index (Phi) is 8.75. The zero-order valence-corrected chi connectivity index (χ0v) is 19.2. The summed E-state index contributed by atoms with van der Waals surface area (Å²) in [6, 6.07) is 12.9. The van der Waals surface area contributed by atoms with Crippen molar-refractivity contribution in [2.45, 2.75) is 20.3 Å². The van der Waals surface area contributed by atoms with Crippen LogP contribution in [0.2, 0.25) is 0 Å². The second-order valence-electron chi connectivity index (χ2n) is 6.68. The molecule has 0 bridgehead atoms. The Hall–Kier alpha value is -2.98. The van der Waals surface area contributed by atoms with Gasteiger partial charge in [0.15, 0.2) is 11.5 Å². The first-order valence-corrected chi connectivity index (χ1v) is 10.5. The summed E-state index contributed by atoms with van der Waals surface area (Å²) in [5.41, 5.74) is 2.28. The summed E-state index contributed by atoms with van der Waals surface area (Å²) < 4.78 is 12.2. The van der Waals surface area contributed by atoms with Crippen molar-refractivity contribution in [3.8, 4) is 17.6 Å². The van der Waals surface area contributed by atoms with Gasteiger partial charge in [0.1, 0.15) is 11.6 Å². The number of hydrogen-bond acceptors (Lipinski definition) is 5. The minimum absolute atomic E-state index is 0.0109. The lowest BCUT2D eigenvalue weighted by Gasteiger charge is -2.14. The molecule has 0 saturated carbocycles. The van der Waals surface area contributed by atoms with Crippen LogP contribution in [0.25, 0.3) is 6.08 Å². The summed E-state index contributed by atoms with van der Waals surface area (Å²) >= 11 is 3.50. The Labute approximate surface area is 186 Å². The lowest BCUT2D eigenvalue weighted by Crippen LogP contribution is -2.14. The van der Waals surface area contributed by atoms with Gasteiger partial charge >= 0.3 is 0 Å². The molecule has 7 heteroatoms. The fraction of sp³-hybridized carbons (Fsp3) is 0.304. The largest absolute Gasteiger partial charge is 0.490 e. The molecule has 0 fully saturated rings. The van der Waals surface area contributed by atoms with E-state index in [9.17, 15) is 10.1 Å². The van der Waals surface area contributed by atoms with Crippen LogP contribution in [0, 0.1) is 11.3 Å². The Morgan fingerprint density at radius 3 is 2.47 bits per heavy atom. The topological polar surface area (TPSA) is 74.6 Å². The summed E-state index contributed by atoms with van der Waals surface area (Å²) in [6.07, 6.45) is 2.40. The molecule has 0 aliphatic heterocycles. The molecule has 0 aromatic heterocycles. The molecule has 158 valence electrons. The predicted octanol–water partition coefficient (Wildman–Crippen LogP) is 5.25. The second-order valence-corrected chi connectivity index (χ2v) is 7.53. The molecular weight excluding hydrogens is 446 g/mol. The first-order chi connectivity index (χ1) is 14.4. The van der Waals surface area contributed by atoms with Gasteiger partial charge in [0.2, 0.25) is 0 Å². The van der Waals surface area contributed by atoms with Crippen LogP contribution in [0.5, 0.6) is 11.5 Å². The van der Waals surface area contributed by atoms with Gasteiger partial charge in [0.05, 0.1) is 17.7 Å². The Bertz CT molecular complexity index is 947. The van der Waals surface area contributed by atoms with Crippen LogP contribution < -0.4 is 19.7 Å². The van der Waals surface area contributed by atoms with E-state index in [1.807, 2.05) is 51.0 Å². The zero-order chi connectivity index (χ0) is 22.1. The first kappa shape index (κ1) is 23.3. The SMILES string of the molecule is CCCOc1c(Br)cc(/C=C(/C#N)C(=O)Nc2ccc(N(C)C)cc2)cc1OCC. The number of nitrogens with one attached hydrogen (secondary N) is 1. The highest BCUT2D eigenvalue weighted by Gasteiger charge is 2.14. The summed E-state index contributed by atoms with van der Waals surface area (Å²) in [7, 11) is 3.88. The molecule has 0 radical (unpaired) electrons. The van der Waals surface area contributed by atoms with E-state index in [0.29, 0.717) is 40.4 Å². The molecule has 2 aromatic rings. The van der Waals surface area contributed by atoms with E-state index in [-0.39, 0.29) is 5.57 Å². The van der Waals surface area contributed by atoms with Crippen molar-refractivity contribution in [1.29, 1.82) is 5.26 Å². The van der Waals surface area contributed by atoms with E-state index in [0.717, 1.165) is 12.1 Å². The fourth-order valence-electron chi connectivity index (χ4n) is 2.64. The number of benzene rings is 2. The first-order valence-electron chi connectivity index (χ1n) is 9.69. The molecular formula is C23H26BrN3O3. The highest BCUT2D eigenvalue weighted by molar-refractivity contribution is 9.10. The number of carbonyl (C=O) groups excluding carboxylic acids is 1. The van der Waals surface area contributed by atoms with Crippen molar-refractivity contribution >= 4 is 39.3 Å². The van der Waals surface area contributed by atoms with E-state index in [2.05, 4.69) is 21.2 Å². The number of rotatable bonds is 9. The standard InChI is InChI=1S/C23H26BrN3O3/c1-5-11-30-22-20(24)13-16(14-21(22)29-6-2)12-17(15-25)23(28)26-18-7-9-19(10-8-18)27(3)4/h7-10,12-14H,5-6,11H2,1-4H3,(H,26,28)/b17-12-. The number of hydrogen-bond donors (Lipinski definition) is 1. The summed E-state index contributed by atoms with van der Waals surface area (Å²) in [6.45, 7) is 4.94. The van der Waals surface area contributed by atoms with Gasteiger partial charge in [-0.25, -0.2) is 0 Å². The minimum Gasteiger partial charge on any atom is -0.490 e. The Morgan fingerprint density at radius 2 is 1.90 bits per heavy atom. The molecule has 0 spiro atoms. The van der Waals surface area contributed by atoms with Gasteiger partial charge in [-0.05, 0) is 77.3 Å². The van der Waals surface area contributed by atoms with Crippen LogP contribution in [0.4, 0.5) is 11.4 Å². The maximum atomic E-state index is 12.6. The molecule has 0 atom stereocenters. The molecule has 1 N–H and O–H groups in total. The molecule has 2 rings (SSSR count). The normalized spacial score (nSPS) is 10.9. The van der Waals surface area contributed by atoms with Gasteiger partial charge in [-0.3, -0.25) is 4.79 Å². The van der Waals surface area contributed by atoms with E-state index < -0.39 is 5.91 Å². The minimum atomic E-state index is -0.476. The average molecular weight is 472 g/mol. The number of halogens is 1. The molecule has 0 aliphatic rings. The molecule has 0 aliphatic carbocycles. The lowest BCUT2D eigenvalue weighted by molar-refractivity contribution is -0.112. The van der Waals surface area contributed by atoms with Gasteiger partial charge in [-0.15, -0.1) is 0 Å². The number of carbonyl (C=O) groups is 1. The van der Waals surface area contributed by atoms with Gasteiger partial charge in [0.25, 0.3) is 5.91 Å². The molecule has 0 saturated heterocycles. The molecule has 6 nitrogen and oxygen atoms in total. The smallest absolute Gasteiger partial charge is 0.266 e. The van der Waals surface area contributed by atoms with Crippen LogP contribution in [0.3, 0.4) is 0 Å². The lowest BCUT2D eigenvalue weighted by atomic mass is 10.1. The van der Waals surface area contributed by atoms with Gasteiger partial charge in [-0.1, -0.05) is 6.92 Å². The molecule has 0 heterocycles. The predicted molar refractivity (Wildman–Crippen MR) is 124 cm³/mol. The third-order valence-electron chi connectivity index (χ3n) is 4.10. The van der Waals surface area contributed by atoms with Gasteiger partial charge < -0.3 is 19.7 Å². The van der Waals surface area contributed by atoms with E-state index in [4.69, 9.17) is 9.47 Å². The van der Waals surface area contributed by atoms with Crippen molar-refractivity contribution in [3.63, 3.8) is 0 Å². The van der Waals surface area contributed by atoms with Crippen LogP contribution in [0.1, 0.15) is 25.8 Å². The zero-order valence-electron chi connectivity index (χ0n) is 17.7. The quantitative estimate of drug-likeness (QED) is 0.399. The number of ether oxygens (including phenoxy) is 2. The fourth-order valence-corrected chi connectivity index (χ4v) is 3.21. The molecule has 30 heavy (non-hydrogen) atoms. The van der Waals surface area contributed by atoms with Crippen LogP contribution in [0.15, 0.2) is 46.4 Å². The molecule has 1 amide bonds. The van der Waals surface area contributed by atoms with Crippen molar-refractivity contribution < 1.29 is 14.3 Å². The van der Waals surface area contributed by atoms with Gasteiger partial charge in [-0.2, -0.15) is 5.26 Å². The molecule has 0 unspecified atom stereocenters. The van der Waals surface area contributed by atoms with Crippen molar-refractivity contribution in [2.75, 3.05) is 37.5 Å². The van der Waals surface area contributed by atoms with Crippen LogP contribution in [-0.4, -0.2) is 33.2 Å². The van der Waals surface area contributed by atoms with E-state index in [1.54, 1.807) is 24.3 Å². The Morgan fingerprint density at radius 1 is 1.20 bits per heavy atom. The third kappa shape index (κ3) is 6.26. The summed E-state index contributed by atoms with van der Waals surface area (Å²) in [4.78, 5) is 14.6.